The minimum Gasteiger partial charge on any atom is -0.487 e. The summed E-state index contributed by atoms with van der Waals surface area (Å²) in [6.07, 6.45) is 6.65. The van der Waals surface area contributed by atoms with Gasteiger partial charge in [0.25, 0.3) is 0 Å². The Morgan fingerprint density at radius 3 is 2.82 bits per heavy atom. The molecule has 0 bridgehead atoms. The Hall–Kier alpha value is -2.73. The minimum absolute atomic E-state index is 0.458. The Kier molecular flexibility index (Phi) is 5.97. The molecule has 2 aromatic heterocycles. The maximum absolute atomic E-state index is 5.87. The Morgan fingerprint density at radius 1 is 1.11 bits per heavy atom. The average molecular weight is 378 g/mol. The van der Waals surface area contributed by atoms with Gasteiger partial charge in [0.15, 0.2) is 5.82 Å². The molecule has 6 nitrogen and oxygen atoms in total. The van der Waals surface area contributed by atoms with Gasteiger partial charge in [-0.05, 0) is 49.7 Å². The molecule has 3 aromatic rings. The quantitative estimate of drug-likeness (QED) is 0.581. The molecule has 0 unspecified atom stereocenters. The van der Waals surface area contributed by atoms with E-state index in [0.29, 0.717) is 19.1 Å². The van der Waals surface area contributed by atoms with Crippen LogP contribution in [0.2, 0.25) is 0 Å². The summed E-state index contributed by atoms with van der Waals surface area (Å²) in [4.78, 5) is 11.1. The fourth-order valence-electron chi connectivity index (χ4n) is 3.65. The lowest BCUT2D eigenvalue weighted by Gasteiger charge is -2.15. The van der Waals surface area contributed by atoms with Crippen molar-refractivity contribution in [2.24, 2.45) is 0 Å². The molecule has 0 radical (unpaired) electrons. The summed E-state index contributed by atoms with van der Waals surface area (Å²) < 4.78 is 11.4. The predicted molar refractivity (Wildman–Crippen MR) is 106 cm³/mol. The summed E-state index contributed by atoms with van der Waals surface area (Å²) >= 11 is 0. The first kappa shape index (κ1) is 18.6. The van der Waals surface area contributed by atoms with E-state index in [1.54, 1.807) is 6.20 Å². The first-order valence-corrected chi connectivity index (χ1v) is 9.89. The zero-order chi connectivity index (χ0) is 19.2. The Morgan fingerprint density at radius 2 is 2.00 bits per heavy atom. The van der Waals surface area contributed by atoms with Crippen LogP contribution in [0.3, 0.4) is 0 Å². The van der Waals surface area contributed by atoms with Crippen LogP contribution < -0.4 is 4.74 Å². The molecule has 1 fully saturated rings. The van der Waals surface area contributed by atoms with Crippen LogP contribution in [0.15, 0.2) is 53.2 Å². The van der Waals surface area contributed by atoms with Gasteiger partial charge in [-0.2, -0.15) is 4.98 Å². The van der Waals surface area contributed by atoms with Gasteiger partial charge >= 0.3 is 0 Å². The summed E-state index contributed by atoms with van der Waals surface area (Å²) in [6, 6.07) is 14.0. The summed E-state index contributed by atoms with van der Waals surface area (Å²) in [5, 5.41) is 4.16. The summed E-state index contributed by atoms with van der Waals surface area (Å²) in [7, 11) is 2.06. The molecule has 4 rings (SSSR count). The first-order valence-electron chi connectivity index (χ1n) is 9.89. The molecule has 0 N–H and O–H groups in total. The molecule has 28 heavy (non-hydrogen) atoms. The van der Waals surface area contributed by atoms with Crippen molar-refractivity contribution in [2.45, 2.75) is 51.3 Å². The first-order chi connectivity index (χ1) is 13.8. The second kappa shape index (κ2) is 8.97. The van der Waals surface area contributed by atoms with E-state index in [1.807, 2.05) is 30.3 Å². The number of rotatable bonds is 8. The van der Waals surface area contributed by atoms with E-state index < -0.39 is 0 Å². The van der Waals surface area contributed by atoms with Gasteiger partial charge in [0.1, 0.15) is 12.4 Å². The largest absolute Gasteiger partial charge is 0.487 e. The molecule has 0 saturated heterocycles. The number of aromatic nitrogens is 3. The number of nitrogens with zero attached hydrogens (tertiary/aromatic N) is 4. The van der Waals surface area contributed by atoms with Gasteiger partial charge in [0, 0.05) is 18.7 Å². The van der Waals surface area contributed by atoms with Crippen molar-refractivity contribution in [1.29, 1.82) is 0 Å². The molecule has 2 heterocycles. The van der Waals surface area contributed by atoms with Gasteiger partial charge in [0.05, 0.1) is 12.2 Å². The molecular weight excluding hydrogens is 352 g/mol. The van der Waals surface area contributed by atoms with Crippen LogP contribution in [-0.2, 0) is 19.7 Å². The molecule has 0 spiro atoms. The summed E-state index contributed by atoms with van der Waals surface area (Å²) in [5.74, 6) is 2.87. The molecule has 146 valence electrons. The smallest absolute Gasteiger partial charge is 0.229 e. The van der Waals surface area contributed by atoms with Gasteiger partial charge < -0.3 is 9.26 Å². The van der Waals surface area contributed by atoms with Crippen LogP contribution in [-0.4, -0.2) is 27.1 Å². The molecule has 1 aliphatic carbocycles. The van der Waals surface area contributed by atoms with Crippen molar-refractivity contribution >= 4 is 0 Å². The molecule has 1 saturated carbocycles. The van der Waals surface area contributed by atoms with Crippen LogP contribution in [0.1, 0.15) is 54.6 Å². The van der Waals surface area contributed by atoms with E-state index in [1.165, 1.54) is 31.2 Å². The second-order valence-corrected chi connectivity index (χ2v) is 7.46. The van der Waals surface area contributed by atoms with Crippen LogP contribution >= 0.6 is 0 Å². The molecule has 0 atom stereocenters. The minimum atomic E-state index is 0.458. The second-order valence-electron chi connectivity index (χ2n) is 7.46. The fourth-order valence-corrected chi connectivity index (χ4v) is 3.65. The SMILES string of the molecule is CN(Cc1cccc(OCc2ccccn2)c1)Cc1noc(C2CCCC2)n1. The van der Waals surface area contributed by atoms with Crippen molar-refractivity contribution in [3.8, 4) is 5.75 Å². The number of benzene rings is 1. The van der Waals surface area contributed by atoms with Crippen LogP contribution in [0.5, 0.6) is 5.75 Å². The van der Waals surface area contributed by atoms with Gasteiger partial charge in [-0.1, -0.05) is 36.2 Å². The third-order valence-electron chi connectivity index (χ3n) is 5.06. The lowest BCUT2D eigenvalue weighted by atomic mass is 10.1. The van der Waals surface area contributed by atoms with Crippen molar-refractivity contribution in [3.63, 3.8) is 0 Å². The zero-order valence-corrected chi connectivity index (χ0v) is 16.3. The maximum Gasteiger partial charge on any atom is 0.229 e. The fraction of sp³-hybridized carbons (Fsp3) is 0.409. The molecule has 1 aromatic carbocycles. The normalized spacial score (nSPS) is 14.6. The van der Waals surface area contributed by atoms with Crippen molar-refractivity contribution in [2.75, 3.05) is 7.05 Å². The predicted octanol–water partition coefficient (Wildman–Crippen LogP) is 4.33. The highest BCUT2D eigenvalue weighted by atomic mass is 16.5. The number of ether oxygens (including phenoxy) is 1. The van der Waals surface area contributed by atoms with E-state index >= 15 is 0 Å². The summed E-state index contributed by atoms with van der Waals surface area (Å²) in [6.45, 7) is 1.91. The van der Waals surface area contributed by atoms with E-state index in [2.05, 4.69) is 39.2 Å². The van der Waals surface area contributed by atoms with Crippen LogP contribution in [0, 0.1) is 0 Å². The Balaban J connectivity index is 1.31. The molecular formula is C22H26N4O2. The van der Waals surface area contributed by atoms with Gasteiger partial charge in [-0.3, -0.25) is 9.88 Å². The van der Waals surface area contributed by atoms with Crippen LogP contribution in [0.25, 0.3) is 0 Å². The lowest BCUT2D eigenvalue weighted by Crippen LogP contribution is -2.18. The third-order valence-corrected chi connectivity index (χ3v) is 5.06. The molecule has 0 aliphatic heterocycles. The lowest BCUT2D eigenvalue weighted by molar-refractivity contribution is 0.291. The topological polar surface area (TPSA) is 64.3 Å². The maximum atomic E-state index is 5.87. The average Bonchev–Trinajstić information content (AvgIpc) is 3.39. The third kappa shape index (κ3) is 4.95. The number of pyridine rings is 1. The zero-order valence-electron chi connectivity index (χ0n) is 16.3. The van der Waals surface area contributed by atoms with Gasteiger partial charge in [0.2, 0.25) is 5.89 Å². The highest BCUT2D eigenvalue weighted by Crippen LogP contribution is 2.32. The Bertz CT molecular complexity index is 875. The molecule has 0 amide bonds. The standard InChI is InChI=1S/C22H26N4O2/c1-26(15-21-24-22(28-25-21)18-8-2-3-9-18)14-17-7-6-11-20(13-17)27-16-19-10-4-5-12-23-19/h4-7,10-13,18H,2-3,8-9,14-16H2,1H3. The molecule has 1 aliphatic rings. The van der Waals surface area contributed by atoms with Crippen molar-refractivity contribution in [3.05, 3.63) is 71.6 Å². The van der Waals surface area contributed by atoms with Gasteiger partial charge in [-0.25, -0.2) is 0 Å². The van der Waals surface area contributed by atoms with Gasteiger partial charge in [-0.15, -0.1) is 0 Å². The highest BCUT2D eigenvalue weighted by Gasteiger charge is 2.23. The molecule has 6 heteroatoms. The van der Waals surface area contributed by atoms with E-state index in [4.69, 9.17) is 9.26 Å². The van der Waals surface area contributed by atoms with E-state index in [0.717, 1.165) is 29.7 Å². The van der Waals surface area contributed by atoms with Crippen molar-refractivity contribution in [1.82, 2.24) is 20.0 Å². The monoisotopic (exact) mass is 378 g/mol. The Labute approximate surface area is 165 Å². The van der Waals surface area contributed by atoms with E-state index in [9.17, 15) is 0 Å². The number of hydrogen-bond acceptors (Lipinski definition) is 6. The number of hydrogen-bond donors (Lipinski definition) is 0. The van der Waals surface area contributed by atoms with Crippen LogP contribution in [0.4, 0.5) is 0 Å². The summed E-state index contributed by atoms with van der Waals surface area (Å²) in [5.41, 5.74) is 2.10. The highest BCUT2D eigenvalue weighted by molar-refractivity contribution is 5.28. The van der Waals surface area contributed by atoms with Crippen molar-refractivity contribution < 1.29 is 9.26 Å². The van der Waals surface area contributed by atoms with E-state index in [-0.39, 0.29) is 0 Å².